The molecular weight excluding hydrogens is 506 g/mol. The van der Waals surface area contributed by atoms with Crippen molar-refractivity contribution in [3.63, 3.8) is 0 Å². The Morgan fingerprint density at radius 3 is 0.800 bits per heavy atom. The Kier molecular flexibility index (Phi) is 13.4. The lowest BCUT2D eigenvalue weighted by Crippen LogP contribution is -2.21. The van der Waals surface area contributed by atoms with Gasteiger partial charge in [-0.3, -0.25) is 9.11 Å². The predicted molar refractivity (Wildman–Crippen MR) is 103 cm³/mol. The molecule has 0 heterocycles. The van der Waals surface area contributed by atoms with E-state index in [-0.39, 0.29) is 0 Å². The molecule has 0 aliphatic rings. The number of thiol groups is 2. The molecule has 0 saturated heterocycles. The van der Waals surface area contributed by atoms with Gasteiger partial charge in [0.25, 0.3) is 0 Å². The second kappa shape index (κ2) is 13.1. The molecule has 16 heteroatoms. The van der Waals surface area contributed by atoms with Crippen LogP contribution in [0.2, 0.25) is 0 Å². The number of halogens is 6. The summed E-state index contributed by atoms with van der Waals surface area (Å²) >= 11 is 8.17. The molecule has 0 aromatic heterocycles. The van der Waals surface area contributed by atoms with Gasteiger partial charge in [-0.05, 0) is 24.3 Å². The van der Waals surface area contributed by atoms with E-state index in [1.54, 1.807) is 0 Å². The minimum absolute atomic E-state index is 1.02. The third kappa shape index (κ3) is 16.3. The van der Waals surface area contributed by atoms with Crippen LogP contribution in [0.4, 0.5) is 26.3 Å². The maximum atomic E-state index is 10.7. The maximum absolute atomic E-state index is 10.7. The Morgan fingerprint density at radius 1 is 0.567 bits per heavy atom. The summed E-state index contributed by atoms with van der Waals surface area (Å²) in [5.41, 5.74) is -11.1. The lowest BCUT2D eigenvalue weighted by Gasteiger charge is -1.97. The van der Waals surface area contributed by atoms with Crippen molar-refractivity contribution in [3.05, 3.63) is 60.7 Å². The molecule has 2 aromatic rings. The van der Waals surface area contributed by atoms with Gasteiger partial charge >= 0.3 is 31.3 Å². The largest absolute Gasteiger partial charge is 0.522 e. The van der Waals surface area contributed by atoms with Crippen LogP contribution < -0.4 is 0 Å². The van der Waals surface area contributed by atoms with Crippen LogP contribution in [0, 0.1) is 0 Å². The van der Waals surface area contributed by atoms with Gasteiger partial charge < -0.3 is 0 Å². The number of alkyl halides is 6. The van der Waals surface area contributed by atoms with Crippen LogP contribution in [0.15, 0.2) is 70.5 Å². The first-order valence-electron chi connectivity index (χ1n) is 6.84. The van der Waals surface area contributed by atoms with Gasteiger partial charge in [-0.2, -0.15) is 43.2 Å². The SMILES string of the molecule is O=S(=O)(O)C(F)(F)F.O=S(=O)(O)C(F)(F)F.Sc1ccccc1.Sc1ccccc1. The second-order valence-electron chi connectivity index (χ2n) is 4.51. The van der Waals surface area contributed by atoms with Crippen LogP contribution in [0.5, 0.6) is 0 Å². The van der Waals surface area contributed by atoms with E-state index in [0.717, 1.165) is 9.79 Å². The summed E-state index contributed by atoms with van der Waals surface area (Å²) in [6, 6.07) is 19.6. The highest BCUT2D eigenvalue weighted by molar-refractivity contribution is 7.86. The molecule has 0 fully saturated rings. The van der Waals surface area contributed by atoms with Crippen molar-refractivity contribution < 1.29 is 52.3 Å². The topological polar surface area (TPSA) is 109 Å². The van der Waals surface area contributed by atoms with Crippen LogP contribution in [-0.2, 0) is 20.2 Å². The van der Waals surface area contributed by atoms with E-state index in [1.165, 1.54) is 0 Å². The fourth-order valence-electron chi connectivity index (χ4n) is 0.856. The molecule has 2 aromatic carbocycles. The molecule has 6 nitrogen and oxygen atoms in total. The molecule has 0 saturated carbocycles. The molecule has 0 aliphatic carbocycles. The predicted octanol–water partition coefficient (Wildman–Crippen LogP) is 4.74. The van der Waals surface area contributed by atoms with E-state index < -0.39 is 31.3 Å². The van der Waals surface area contributed by atoms with E-state index in [1.807, 2.05) is 60.7 Å². The van der Waals surface area contributed by atoms with Crippen molar-refractivity contribution >= 4 is 45.5 Å². The molecule has 0 unspecified atom stereocenters. The summed E-state index contributed by atoms with van der Waals surface area (Å²) in [4.78, 5) is 2.03. The van der Waals surface area contributed by atoms with Gasteiger partial charge in [-0.25, -0.2) is 0 Å². The van der Waals surface area contributed by atoms with Gasteiger partial charge in [0.2, 0.25) is 0 Å². The lowest BCUT2D eigenvalue weighted by atomic mass is 10.4. The average Bonchev–Trinajstić information content (AvgIpc) is 2.54. The van der Waals surface area contributed by atoms with Gasteiger partial charge in [0, 0.05) is 9.79 Å². The van der Waals surface area contributed by atoms with Crippen molar-refractivity contribution in [2.75, 3.05) is 0 Å². The van der Waals surface area contributed by atoms with Gasteiger partial charge in [0.15, 0.2) is 0 Å². The minimum atomic E-state index is -5.84. The fraction of sp³-hybridized carbons (Fsp3) is 0.143. The van der Waals surface area contributed by atoms with Crippen LogP contribution >= 0.6 is 25.3 Å². The normalized spacial score (nSPS) is 11.5. The Balaban J connectivity index is 0. The number of hydrogen-bond donors (Lipinski definition) is 4. The third-order valence-electron chi connectivity index (χ3n) is 2.10. The highest BCUT2D eigenvalue weighted by Gasteiger charge is 2.45. The van der Waals surface area contributed by atoms with Crippen molar-refractivity contribution in [2.24, 2.45) is 0 Å². The zero-order valence-corrected chi connectivity index (χ0v) is 17.7. The molecule has 0 radical (unpaired) electrons. The summed E-state index contributed by atoms with van der Waals surface area (Å²) in [5.74, 6) is 0. The zero-order valence-electron chi connectivity index (χ0n) is 14.3. The van der Waals surface area contributed by atoms with Gasteiger partial charge in [0.1, 0.15) is 0 Å². The molecule has 0 bridgehead atoms. The standard InChI is InChI=1S/2C6H6S.2CHF3O3S/c2*7-6-4-2-1-3-5-6;2*2-1(3,4)8(5,6)7/h2*1-5,7H;2*(H,5,6,7). The van der Waals surface area contributed by atoms with E-state index >= 15 is 0 Å². The third-order valence-corrected chi connectivity index (χ3v) is 3.86. The van der Waals surface area contributed by atoms with Crippen molar-refractivity contribution in [3.8, 4) is 0 Å². The van der Waals surface area contributed by atoms with E-state index in [2.05, 4.69) is 25.3 Å². The fourth-order valence-corrected chi connectivity index (χ4v) is 1.20. The first kappa shape index (κ1) is 30.7. The summed E-state index contributed by atoms with van der Waals surface area (Å²) < 4.78 is 115. The number of hydrogen-bond acceptors (Lipinski definition) is 6. The molecule has 0 aliphatic heterocycles. The second-order valence-corrected chi connectivity index (χ2v) is 8.37. The molecule has 0 atom stereocenters. The van der Waals surface area contributed by atoms with Gasteiger partial charge in [-0.15, -0.1) is 25.3 Å². The molecular formula is C14H14F6O6S4. The van der Waals surface area contributed by atoms with E-state index in [0.29, 0.717) is 0 Å². The Hall–Kier alpha value is -1.46. The zero-order chi connectivity index (χ0) is 24.2. The maximum Gasteiger partial charge on any atom is 0.522 e. The molecule has 0 spiro atoms. The smallest absolute Gasteiger partial charge is 0.279 e. The molecule has 0 amide bonds. The Labute approximate surface area is 179 Å². The van der Waals surface area contributed by atoms with Gasteiger partial charge in [0.05, 0.1) is 0 Å². The first-order chi connectivity index (χ1) is 13.3. The van der Waals surface area contributed by atoms with Crippen LogP contribution in [0.25, 0.3) is 0 Å². The number of rotatable bonds is 0. The molecule has 30 heavy (non-hydrogen) atoms. The van der Waals surface area contributed by atoms with Crippen molar-refractivity contribution in [1.82, 2.24) is 0 Å². The first-order valence-corrected chi connectivity index (χ1v) is 10.6. The summed E-state index contributed by atoms with van der Waals surface area (Å²) in [7, 11) is -11.7. The minimum Gasteiger partial charge on any atom is -0.279 e. The highest BCUT2D eigenvalue weighted by atomic mass is 32.2. The van der Waals surface area contributed by atoms with E-state index in [4.69, 9.17) is 25.9 Å². The average molecular weight is 521 g/mol. The lowest BCUT2D eigenvalue weighted by molar-refractivity contribution is -0.0514. The Bertz CT molecular complexity index is 851. The van der Waals surface area contributed by atoms with Gasteiger partial charge in [-0.1, -0.05) is 36.4 Å². The molecule has 2 N–H and O–H groups in total. The quantitative estimate of drug-likeness (QED) is 0.173. The van der Waals surface area contributed by atoms with Crippen molar-refractivity contribution in [1.29, 1.82) is 0 Å². The summed E-state index contributed by atoms with van der Waals surface area (Å²) in [6.07, 6.45) is 0. The number of benzene rings is 2. The highest BCUT2D eigenvalue weighted by Crippen LogP contribution is 2.21. The Morgan fingerprint density at radius 2 is 0.733 bits per heavy atom. The summed E-state index contributed by atoms with van der Waals surface area (Å²) in [5, 5.41) is 0. The molecule has 172 valence electrons. The summed E-state index contributed by atoms with van der Waals surface area (Å²) in [6.45, 7) is 0. The monoisotopic (exact) mass is 520 g/mol. The molecule has 2 rings (SSSR count). The van der Waals surface area contributed by atoms with Crippen LogP contribution in [-0.4, -0.2) is 37.0 Å². The van der Waals surface area contributed by atoms with Crippen LogP contribution in [0.1, 0.15) is 0 Å². The van der Waals surface area contributed by atoms with E-state index in [9.17, 15) is 26.3 Å². The van der Waals surface area contributed by atoms with Crippen LogP contribution in [0.3, 0.4) is 0 Å². The van der Waals surface area contributed by atoms with Crippen molar-refractivity contribution in [2.45, 2.75) is 20.8 Å².